The van der Waals surface area contributed by atoms with Gasteiger partial charge in [0.15, 0.2) is 5.69 Å². The lowest BCUT2D eigenvalue weighted by Gasteiger charge is -2.29. The van der Waals surface area contributed by atoms with Crippen LogP contribution in [-0.4, -0.2) is 42.4 Å². The molecule has 3 heterocycles. The van der Waals surface area contributed by atoms with Crippen LogP contribution in [0.3, 0.4) is 0 Å². The standard InChI is InChI=1S/C21H27N7O4S/c1-2-3-11-27-17(22)16(18(30)24-20(27)31)28(13-7-4-5-8-13)15(29)12-33-21-26-25-19(32-21)14-9-6-10-23-14/h6,9-10,13,23H,2-5,7-8,11-12,22H2,1H3,(H,24,30,31). The molecule has 4 N–H and O–H groups in total. The van der Waals surface area contributed by atoms with Crippen molar-refractivity contribution < 1.29 is 9.21 Å². The average Bonchev–Trinajstić information content (AvgIpc) is 3.56. The van der Waals surface area contributed by atoms with Crippen molar-refractivity contribution in [2.45, 2.75) is 63.3 Å². The molecule has 1 amide bonds. The maximum atomic E-state index is 13.4. The highest BCUT2D eigenvalue weighted by Crippen LogP contribution is 2.31. The molecule has 0 radical (unpaired) electrons. The van der Waals surface area contributed by atoms with Gasteiger partial charge in [-0.1, -0.05) is 37.9 Å². The largest absolute Gasteiger partial charge is 0.410 e. The van der Waals surface area contributed by atoms with Gasteiger partial charge in [0, 0.05) is 18.8 Å². The quantitative estimate of drug-likeness (QED) is 0.400. The number of anilines is 2. The number of nitrogens with zero attached hydrogens (tertiary/aromatic N) is 4. The van der Waals surface area contributed by atoms with E-state index in [1.165, 1.54) is 9.47 Å². The van der Waals surface area contributed by atoms with Crippen LogP contribution in [0.15, 0.2) is 37.6 Å². The molecular weight excluding hydrogens is 446 g/mol. The normalized spacial score (nSPS) is 14.1. The number of hydrogen-bond acceptors (Lipinski definition) is 8. The number of thioether (sulfide) groups is 1. The smallest absolute Gasteiger partial charge is 0.330 e. The number of rotatable bonds is 9. The summed E-state index contributed by atoms with van der Waals surface area (Å²) in [4.78, 5) is 45.3. The number of unbranched alkanes of at least 4 members (excludes halogenated alkanes) is 1. The molecule has 11 nitrogen and oxygen atoms in total. The second kappa shape index (κ2) is 10.1. The minimum Gasteiger partial charge on any atom is -0.410 e. The summed E-state index contributed by atoms with van der Waals surface area (Å²) in [6, 6.07) is 3.46. The Labute approximate surface area is 193 Å². The number of carbonyl (C=O) groups is 1. The Balaban J connectivity index is 1.60. The summed E-state index contributed by atoms with van der Waals surface area (Å²) in [6.07, 6.45) is 6.77. The van der Waals surface area contributed by atoms with Crippen LogP contribution in [0.4, 0.5) is 11.5 Å². The molecule has 0 aromatic carbocycles. The maximum Gasteiger partial charge on any atom is 0.330 e. The van der Waals surface area contributed by atoms with Crippen molar-refractivity contribution >= 4 is 29.2 Å². The Morgan fingerprint density at radius 3 is 2.82 bits per heavy atom. The monoisotopic (exact) mass is 473 g/mol. The summed E-state index contributed by atoms with van der Waals surface area (Å²) in [5.41, 5.74) is 5.80. The zero-order valence-corrected chi connectivity index (χ0v) is 19.2. The summed E-state index contributed by atoms with van der Waals surface area (Å²) < 4.78 is 6.95. The maximum absolute atomic E-state index is 13.4. The van der Waals surface area contributed by atoms with Crippen molar-refractivity contribution in [1.29, 1.82) is 0 Å². The molecule has 1 aliphatic carbocycles. The summed E-state index contributed by atoms with van der Waals surface area (Å²) in [5.74, 6) is 0.0282. The highest BCUT2D eigenvalue weighted by atomic mass is 32.2. The summed E-state index contributed by atoms with van der Waals surface area (Å²) in [6.45, 7) is 2.37. The minimum atomic E-state index is -0.651. The highest BCUT2D eigenvalue weighted by Gasteiger charge is 2.32. The second-order valence-corrected chi connectivity index (χ2v) is 8.87. The van der Waals surface area contributed by atoms with Crippen molar-refractivity contribution in [3.8, 4) is 11.6 Å². The van der Waals surface area contributed by atoms with E-state index in [-0.39, 0.29) is 34.4 Å². The van der Waals surface area contributed by atoms with E-state index in [2.05, 4.69) is 20.2 Å². The first kappa shape index (κ1) is 22.9. The molecule has 12 heteroatoms. The van der Waals surface area contributed by atoms with Gasteiger partial charge in [-0.2, -0.15) is 0 Å². The van der Waals surface area contributed by atoms with E-state index in [1.807, 2.05) is 13.0 Å². The van der Waals surface area contributed by atoms with E-state index in [1.54, 1.807) is 12.3 Å². The predicted octanol–water partition coefficient (Wildman–Crippen LogP) is 2.36. The van der Waals surface area contributed by atoms with Crippen molar-refractivity contribution in [3.05, 3.63) is 39.2 Å². The van der Waals surface area contributed by atoms with Gasteiger partial charge < -0.3 is 20.0 Å². The van der Waals surface area contributed by atoms with E-state index < -0.39 is 11.2 Å². The van der Waals surface area contributed by atoms with Gasteiger partial charge in [-0.25, -0.2) is 4.79 Å². The minimum absolute atomic E-state index is 0.0180. The molecule has 0 saturated heterocycles. The SMILES string of the molecule is CCCCn1c(N)c(N(C(=O)CSc2nnc(-c3ccc[nH]3)o2)C2CCCC2)c(=O)[nH]c1=O. The number of nitrogens with two attached hydrogens (primary N) is 1. The summed E-state index contributed by atoms with van der Waals surface area (Å²) >= 11 is 1.09. The van der Waals surface area contributed by atoms with Crippen molar-refractivity contribution in [3.63, 3.8) is 0 Å². The fourth-order valence-corrected chi connectivity index (χ4v) is 4.68. The molecule has 1 aliphatic rings. The van der Waals surface area contributed by atoms with E-state index in [4.69, 9.17) is 10.2 Å². The topological polar surface area (TPSA) is 156 Å². The highest BCUT2D eigenvalue weighted by molar-refractivity contribution is 7.99. The molecule has 33 heavy (non-hydrogen) atoms. The van der Waals surface area contributed by atoms with Crippen LogP contribution in [0.5, 0.6) is 0 Å². The van der Waals surface area contributed by atoms with Gasteiger partial charge in [0.2, 0.25) is 5.91 Å². The van der Waals surface area contributed by atoms with Crippen molar-refractivity contribution in [2.24, 2.45) is 0 Å². The first-order valence-corrected chi connectivity index (χ1v) is 12.0. The van der Waals surface area contributed by atoms with Crippen molar-refractivity contribution in [1.82, 2.24) is 24.7 Å². The van der Waals surface area contributed by atoms with Crippen LogP contribution in [0.25, 0.3) is 11.6 Å². The molecule has 0 atom stereocenters. The zero-order chi connectivity index (χ0) is 23.4. The fraction of sp³-hybridized carbons (Fsp3) is 0.476. The molecule has 1 saturated carbocycles. The van der Waals surface area contributed by atoms with Gasteiger partial charge in [-0.05, 0) is 31.4 Å². The number of aromatic nitrogens is 5. The van der Waals surface area contributed by atoms with E-state index in [0.717, 1.165) is 50.3 Å². The number of nitrogen functional groups attached to an aromatic ring is 1. The van der Waals surface area contributed by atoms with Gasteiger partial charge >= 0.3 is 5.69 Å². The number of aromatic amines is 2. The van der Waals surface area contributed by atoms with E-state index in [9.17, 15) is 14.4 Å². The number of carbonyl (C=O) groups excluding carboxylic acids is 1. The fourth-order valence-electron chi connectivity index (χ4n) is 4.06. The van der Waals surface area contributed by atoms with Crippen LogP contribution in [0.2, 0.25) is 0 Å². The van der Waals surface area contributed by atoms with Gasteiger partial charge in [0.25, 0.3) is 16.7 Å². The Bertz CT molecular complexity index is 1210. The lowest BCUT2D eigenvalue weighted by Crippen LogP contribution is -2.46. The van der Waals surface area contributed by atoms with Gasteiger partial charge in [0.1, 0.15) is 11.5 Å². The molecule has 1 fully saturated rings. The molecule has 0 aliphatic heterocycles. The number of hydrogen-bond donors (Lipinski definition) is 3. The number of H-pyrrole nitrogens is 2. The third-order valence-electron chi connectivity index (χ3n) is 5.70. The van der Waals surface area contributed by atoms with Gasteiger partial charge in [-0.15, -0.1) is 10.2 Å². The molecular formula is C21H27N7O4S. The second-order valence-electron chi connectivity index (χ2n) is 7.95. The predicted molar refractivity (Wildman–Crippen MR) is 125 cm³/mol. The van der Waals surface area contributed by atoms with Gasteiger partial charge in [0.05, 0.1) is 5.75 Å². The van der Waals surface area contributed by atoms with Crippen molar-refractivity contribution in [2.75, 3.05) is 16.4 Å². The van der Waals surface area contributed by atoms with Crippen LogP contribution in [0.1, 0.15) is 45.4 Å². The average molecular weight is 474 g/mol. The number of nitrogens with one attached hydrogen (secondary N) is 2. The van der Waals surface area contributed by atoms with Crippen LogP contribution in [0, 0.1) is 0 Å². The van der Waals surface area contributed by atoms with E-state index >= 15 is 0 Å². The van der Waals surface area contributed by atoms with E-state index in [0.29, 0.717) is 18.1 Å². The molecule has 0 spiro atoms. The van der Waals surface area contributed by atoms with Crippen LogP contribution >= 0.6 is 11.8 Å². The first-order chi connectivity index (χ1) is 16.0. The van der Waals surface area contributed by atoms with Gasteiger partial charge in [-0.3, -0.25) is 19.1 Å². The zero-order valence-electron chi connectivity index (χ0n) is 18.4. The summed E-state index contributed by atoms with van der Waals surface area (Å²) in [5, 5.41) is 8.22. The third kappa shape index (κ3) is 4.90. The van der Waals surface area contributed by atoms with Crippen LogP contribution < -0.4 is 21.9 Å². The molecule has 176 valence electrons. The Morgan fingerprint density at radius 2 is 2.12 bits per heavy atom. The molecule has 3 aromatic heterocycles. The van der Waals surface area contributed by atoms with Crippen LogP contribution in [-0.2, 0) is 11.3 Å². The Kier molecular flexibility index (Phi) is 7.02. The molecule has 0 unspecified atom stereocenters. The molecule has 0 bridgehead atoms. The lowest BCUT2D eigenvalue weighted by atomic mass is 10.2. The molecule has 4 rings (SSSR count). The summed E-state index contributed by atoms with van der Waals surface area (Å²) in [7, 11) is 0. The lowest BCUT2D eigenvalue weighted by molar-refractivity contribution is -0.116. The Morgan fingerprint density at radius 1 is 1.33 bits per heavy atom. The number of amides is 1. The molecule has 3 aromatic rings. The third-order valence-corrected chi connectivity index (χ3v) is 6.51. The first-order valence-electron chi connectivity index (χ1n) is 11.0. The Hall–Kier alpha value is -3.28.